The second-order valence-electron chi connectivity index (χ2n) is 7.03. The molecule has 1 aromatic carbocycles. The van der Waals surface area contributed by atoms with Crippen molar-refractivity contribution in [3.05, 3.63) is 29.3 Å². The normalized spacial score (nSPS) is 34.4. The number of likely N-dealkylation sites (N-methyl/N-ethyl adjacent to an activating group) is 1. The fourth-order valence-corrected chi connectivity index (χ4v) is 5.30. The molecule has 4 rings (SSSR count). The minimum Gasteiger partial charge on any atom is -1.00 e. The second kappa shape index (κ2) is 5.58. The molecule has 3 aliphatic rings. The van der Waals surface area contributed by atoms with Crippen LogP contribution in [0, 0.1) is 5.92 Å². The number of rotatable bonds is 1. The summed E-state index contributed by atoms with van der Waals surface area (Å²) in [6.07, 6.45) is 8.22. The van der Waals surface area contributed by atoms with Gasteiger partial charge in [-0.15, -0.1) is 0 Å². The molecule has 0 radical (unpaired) electrons. The van der Waals surface area contributed by atoms with E-state index in [1.165, 1.54) is 45.1 Å². The molecule has 2 aliphatic carbocycles. The molecule has 116 valence electrons. The summed E-state index contributed by atoms with van der Waals surface area (Å²) in [6, 6.07) is 7.60. The fourth-order valence-electron chi connectivity index (χ4n) is 5.30. The maximum absolute atomic E-state index is 5.51. The Labute approximate surface area is 138 Å². The molecule has 0 unspecified atom stereocenters. The second-order valence-corrected chi connectivity index (χ2v) is 7.03. The van der Waals surface area contributed by atoms with Crippen LogP contribution in [-0.4, -0.2) is 31.6 Å². The van der Waals surface area contributed by atoms with Crippen molar-refractivity contribution in [3.63, 3.8) is 0 Å². The minimum atomic E-state index is 0. The number of likely N-dealkylation sites (tertiary alicyclic amines) is 1. The van der Waals surface area contributed by atoms with Crippen molar-refractivity contribution in [2.45, 2.75) is 50.0 Å². The highest BCUT2D eigenvalue weighted by Gasteiger charge is 2.53. The molecule has 1 saturated heterocycles. The molecule has 2 nitrogen and oxygen atoms in total. The smallest absolute Gasteiger partial charge is 0.119 e. The zero-order valence-electron chi connectivity index (χ0n) is 13.1. The van der Waals surface area contributed by atoms with Gasteiger partial charge in [0, 0.05) is 11.5 Å². The average molecular weight is 351 g/mol. The molecule has 0 aromatic heterocycles. The van der Waals surface area contributed by atoms with Gasteiger partial charge < -0.3 is 26.6 Å². The topological polar surface area (TPSA) is 12.5 Å². The number of ether oxygens (including phenoxy) is 1. The van der Waals surface area contributed by atoms with E-state index >= 15 is 0 Å². The molecular formula is C18H25BrNO-. The van der Waals surface area contributed by atoms with Gasteiger partial charge in [0.1, 0.15) is 5.75 Å². The van der Waals surface area contributed by atoms with Crippen LogP contribution in [0.5, 0.6) is 5.75 Å². The standard InChI is InChI=1S/C18H25NO.BrH/c1-19-10-9-18-8-4-3-5-15(18)17(19)11-13-6-7-14(20-2)12-16(13)18;/h6-7,12,15,17H,3-5,8-11H2,1-2H3;1H/p-1/t15-,17+,18+;/m1./s1. The Balaban J connectivity index is 0.00000132. The van der Waals surface area contributed by atoms with Gasteiger partial charge in [0.05, 0.1) is 7.11 Å². The lowest BCUT2D eigenvalue weighted by Gasteiger charge is -2.58. The predicted octanol–water partition coefficient (Wildman–Crippen LogP) is 0.387. The molecule has 2 fully saturated rings. The van der Waals surface area contributed by atoms with Crippen LogP contribution in [0.15, 0.2) is 18.2 Å². The number of fused-ring (bicyclic) bond motifs is 1. The Morgan fingerprint density at radius 1 is 1.24 bits per heavy atom. The monoisotopic (exact) mass is 350 g/mol. The van der Waals surface area contributed by atoms with Crippen LogP contribution in [0.3, 0.4) is 0 Å². The summed E-state index contributed by atoms with van der Waals surface area (Å²) in [5.74, 6) is 1.91. The summed E-state index contributed by atoms with van der Waals surface area (Å²) in [4.78, 5) is 2.63. The van der Waals surface area contributed by atoms with E-state index in [-0.39, 0.29) is 17.0 Å². The molecule has 0 N–H and O–H groups in total. The number of nitrogens with zero attached hydrogens (tertiary/aromatic N) is 1. The van der Waals surface area contributed by atoms with Crippen molar-refractivity contribution in [2.24, 2.45) is 5.92 Å². The molecule has 21 heavy (non-hydrogen) atoms. The molecule has 2 bridgehead atoms. The van der Waals surface area contributed by atoms with Crippen molar-refractivity contribution < 1.29 is 21.7 Å². The summed E-state index contributed by atoms with van der Waals surface area (Å²) < 4.78 is 5.51. The van der Waals surface area contributed by atoms with Gasteiger partial charge >= 0.3 is 0 Å². The van der Waals surface area contributed by atoms with Gasteiger partial charge in [-0.2, -0.15) is 0 Å². The summed E-state index contributed by atoms with van der Waals surface area (Å²) in [7, 11) is 4.12. The largest absolute Gasteiger partial charge is 1.00 e. The first-order chi connectivity index (χ1) is 9.74. The third kappa shape index (κ3) is 2.16. The van der Waals surface area contributed by atoms with Crippen LogP contribution < -0.4 is 21.7 Å². The number of benzene rings is 1. The van der Waals surface area contributed by atoms with Gasteiger partial charge in [-0.25, -0.2) is 0 Å². The fraction of sp³-hybridized carbons (Fsp3) is 0.667. The first-order valence-electron chi connectivity index (χ1n) is 8.12. The Kier molecular flexibility index (Phi) is 4.08. The number of methoxy groups -OCH3 is 1. The van der Waals surface area contributed by atoms with Crippen molar-refractivity contribution >= 4 is 0 Å². The Hall–Kier alpha value is -0.540. The number of halogens is 1. The quantitative estimate of drug-likeness (QED) is 0.726. The van der Waals surface area contributed by atoms with Gasteiger partial charge in [0.25, 0.3) is 0 Å². The van der Waals surface area contributed by atoms with E-state index in [0.717, 1.165) is 17.7 Å². The lowest BCUT2D eigenvalue weighted by Crippen LogP contribution is -3.00. The molecule has 1 aromatic rings. The van der Waals surface area contributed by atoms with Crippen molar-refractivity contribution in [2.75, 3.05) is 20.7 Å². The SMILES string of the molecule is COc1ccc2c(c1)[C@]13CCCC[C@@H]1[C@H](C2)N(C)CC3.[Br-]. The molecule has 0 spiro atoms. The van der Waals surface area contributed by atoms with E-state index in [4.69, 9.17) is 4.74 Å². The lowest BCUT2D eigenvalue weighted by atomic mass is 9.52. The van der Waals surface area contributed by atoms with Crippen molar-refractivity contribution in [3.8, 4) is 5.75 Å². The van der Waals surface area contributed by atoms with Crippen LogP contribution >= 0.6 is 0 Å². The van der Waals surface area contributed by atoms with Crippen LogP contribution in [0.1, 0.15) is 43.2 Å². The Morgan fingerprint density at radius 2 is 2.10 bits per heavy atom. The van der Waals surface area contributed by atoms with Gasteiger partial charge in [-0.1, -0.05) is 18.9 Å². The maximum Gasteiger partial charge on any atom is 0.119 e. The van der Waals surface area contributed by atoms with E-state index in [9.17, 15) is 0 Å². The maximum atomic E-state index is 5.51. The van der Waals surface area contributed by atoms with E-state index in [1.807, 2.05) is 0 Å². The predicted molar refractivity (Wildman–Crippen MR) is 81.4 cm³/mol. The van der Waals surface area contributed by atoms with Crippen LogP contribution in [0.2, 0.25) is 0 Å². The van der Waals surface area contributed by atoms with Crippen molar-refractivity contribution in [1.82, 2.24) is 4.90 Å². The van der Waals surface area contributed by atoms with Gasteiger partial charge in [-0.3, -0.25) is 0 Å². The first-order valence-corrected chi connectivity index (χ1v) is 8.12. The number of piperidine rings is 1. The van der Waals surface area contributed by atoms with Crippen LogP contribution in [0.4, 0.5) is 0 Å². The van der Waals surface area contributed by atoms with E-state index in [1.54, 1.807) is 18.2 Å². The van der Waals surface area contributed by atoms with E-state index in [2.05, 4.69) is 30.1 Å². The molecule has 3 atom stereocenters. The zero-order valence-corrected chi connectivity index (χ0v) is 14.7. The van der Waals surface area contributed by atoms with Crippen LogP contribution in [-0.2, 0) is 11.8 Å². The van der Waals surface area contributed by atoms with Gasteiger partial charge in [0.15, 0.2) is 0 Å². The van der Waals surface area contributed by atoms with E-state index in [0.29, 0.717) is 5.41 Å². The van der Waals surface area contributed by atoms with Crippen LogP contribution in [0.25, 0.3) is 0 Å². The Morgan fingerprint density at radius 3 is 2.90 bits per heavy atom. The summed E-state index contributed by atoms with van der Waals surface area (Å²) in [5, 5.41) is 0. The molecule has 1 saturated carbocycles. The summed E-state index contributed by atoms with van der Waals surface area (Å²) in [5.41, 5.74) is 3.67. The molecular weight excluding hydrogens is 326 g/mol. The molecule has 0 amide bonds. The summed E-state index contributed by atoms with van der Waals surface area (Å²) in [6.45, 7) is 1.26. The zero-order chi connectivity index (χ0) is 13.7. The van der Waals surface area contributed by atoms with Gasteiger partial charge in [0.2, 0.25) is 0 Å². The summed E-state index contributed by atoms with van der Waals surface area (Å²) >= 11 is 0. The third-order valence-corrected chi connectivity index (χ3v) is 6.32. The van der Waals surface area contributed by atoms with Crippen molar-refractivity contribution in [1.29, 1.82) is 0 Å². The number of hydrogen-bond acceptors (Lipinski definition) is 2. The Bertz CT molecular complexity index is 532. The average Bonchev–Trinajstić information content (AvgIpc) is 2.50. The molecule has 1 heterocycles. The highest BCUT2D eigenvalue weighted by molar-refractivity contribution is 5.45. The minimum absolute atomic E-state index is 0. The third-order valence-electron chi connectivity index (χ3n) is 6.32. The van der Waals surface area contributed by atoms with E-state index < -0.39 is 0 Å². The van der Waals surface area contributed by atoms with Gasteiger partial charge in [-0.05, 0) is 68.5 Å². The highest BCUT2D eigenvalue weighted by Crippen LogP contribution is 2.55. The molecule has 1 aliphatic heterocycles. The molecule has 3 heteroatoms. The lowest BCUT2D eigenvalue weighted by molar-refractivity contribution is -0.0000107. The number of hydrogen-bond donors (Lipinski definition) is 0. The first kappa shape index (κ1) is 15.4. The highest BCUT2D eigenvalue weighted by atomic mass is 79.9.